The van der Waals surface area contributed by atoms with E-state index in [4.69, 9.17) is 0 Å². The van der Waals surface area contributed by atoms with Crippen molar-refractivity contribution < 1.29 is 9.69 Å². The zero-order valence-electron chi connectivity index (χ0n) is 16.5. The number of aromatic nitrogens is 2. The Morgan fingerprint density at radius 1 is 1.41 bits per heavy atom. The van der Waals surface area contributed by atoms with E-state index in [0.29, 0.717) is 0 Å². The number of piperazine rings is 1. The van der Waals surface area contributed by atoms with E-state index in [0.717, 1.165) is 61.3 Å². The molecule has 3 heterocycles. The standard InChI is InChI=1S/C20H28N4OS2/c1-4-23-7-9-24(10-8-23)20(25)14(3)26-18-17-15-6-5-13(2)11-16(15)27-19(17)22-12-21-18/h12-14H,4-11H2,1-3H3/p+1/t13-,14-/m0/s1. The van der Waals surface area contributed by atoms with Crippen LogP contribution in [0.2, 0.25) is 0 Å². The second-order valence-electron chi connectivity index (χ2n) is 7.90. The lowest BCUT2D eigenvalue weighted by Gasteiger charge is -2.33. The van der Waals surface area contributed by atoms with Crippen molar-refractivity contribution in [2.45, 2.75) is 50.3 Å². The van der Waals surface area contributed by atoms with Crippen LogP contribution in [0.3, 0.4) is 0 Å². The van der Waals surface area contributed by atoms with Gasteiger partial charge in [-0.25, -0.2) is 9.97 Å². The predicted molar refractivity (Wildman–Crippen MR) is 112 cm³/mol. The molecule has 0 unspecified atom stereocenters. The Balaban J connectivity index is 1.52. The fraction of sp³-hybridized carbons (Fsp3) is 0.650. The van der Waals surface area contributed by atoms with Crippen LogP contribution >= 0.6 is 23.1 Å². The number of carbonyl (C=O) groups excluding carboxylic acids is 1. The van der Waals surface area contributed by atoms with Crippen molar-refractivity contribution in [2.24, 2.45) is 5.92 Å². The van der Waals surface area contributed by atoms with Crippen LogP contribution in [0.5, 0.6) is 0 Å². The number of rotatable bonds is 4. The van der Waals surface area contributed by atoms with Gasteiger partial charge >= 0.3 is 0 Å². The summed E-state index contributed by atoms with van der Waals surface area (Å²) in [5.41, 5.74) is 1.44. The Morgan fingerprint density at radius 2 is 2.19 bits per heavy atom. The number of thiophene rings is 1. The molecule has 2 atom stereocenters. The third kappa shape index (κ3) is 3.87. The van der Waals surface area contributed by atoms with E-state index in [1.54, 1.807) is 23.0 Å². The largest absolute Gasteiger partial charge is 0.332 e. The number of thioether (sulfide) groups is 1. The number of aryl methyl sites for hydroxylation is 1. The number of hydrogen-bond donors (Lipinski definition) is 1. The molecule has 0 aromatic carbocycles. The zero-order valence-corrected chi connectivity index (χ0v) is 18.1. The van der Waals surface area contributed by atoms with Gasteiger partial charge in [0.15, 0.2) is 0 Å². The molecule has 146 valence electrons. The van der Waals surface area contributed by atoms with E-state index in [2.05, 4.69) is 23.8 Å². The van der Waals surface area contributed by atoms with Gasteiger partial charge in [-0.15, -0.1) is 11.3 Å². The lowest BCUT2D eigenvalue weighted by atomic mass is 9.89. The van der Waals surface area contributed by atoms with E-state index in [-0.39, 0.29) is 11.2 Å². The van der Waals surface area contributed by atoms with E-state index >= 15 is 0 Å². The van der Waals surface area contributed by atoms with E-state index < -0.39 is 0 Å². The van der Waals surface area contributed by atoms with Crippen LogP contribution in [-0.4, -0.2) is 58.7 Å². The summed E-state index contributed by atoms with van der Waals surface area (Å²) in [6, 6.07) is 0. The highest BCUT2D eigenvalue weighted by Crippen LogP contribution is 2.41. The fourth-order valence-electron chi connectivity index (χ4n) is 4.21. The molecule has 1 aliphatic heterocycles. The van der Waals surface area contributed by atoms with Crippen LogP contribution in [-0.2, 0) is 17.6 Å². The fourth-order valence-corrected chi connectivity index (χ4v) is 6.65. The van der Waals surface area contributed by atoms with Gasteiger partial charge in [0.25, 0.3) is 0 Å². The maximum absolute atomic E-state index is 13.0. The molecule has 1 aliphatic carbocycles. The normalized spacial score (nSPS) is 22.0. The van der Waals surface area contributed by atoms with Crippen molar-refractivity contribution >= 4 is 39.2 Å². The minimum Gasteiger partial charge on any atom is -0.332 e. The highest BCUT2D eigenvalue weighted by atomic mass is 32.2. The number of fused-ring (bicyclic) bond motifs is 3. The Morgan fingerprint density at radius 3 is 2.93 bits per heavy atom. The number of nitrogens with one attached hydrogen (secondary N) is 1. The lowest BCUT2D eigenvalue weighted by Crippen LogP contribution is -3.14. The maximum atomic E-state index is 13.0. The number of quaternary nitrogens is 1. The maximum Gasteiger partial charge on any atom is 0.236 e. The van der Waals surface area contributed by atoms with Crippen LogP contribution in [0, 0.1) is 5.92 Å². The number of hydrogen-bond acceptors (Lipinski definition) is 5. The molecular weight excluding hydrogens is 376 g/mol. The molecule has 1 amide bonds. The number of nitrogens with zero attached hydrogens (tertiary/aromatic N) is 3. The second kappa shape index (κ2) is 8.05. The summed E-state index contributed by atoms with van der Waals surface area (Å²) in [6.45, 7) is 11.6. The van der Waals surface area contributed by atoms with Gasteiger partial charge in [0.2, 0.25) is 5.91 Å². The molecule has 0 bridgehead atoms. The Bertz CT molecular complexity index is 829. The smallest absolute Gasteiger partial charge is 0.236 e. The third-order valence-electron chi connectivity index (χ3n) is 5.98. The lowest BCUT2D eigenvalue weighted by molar-refractivity contribution is -0.902. The minimum absolute atomic E-state index is 0.107. The van der Waals surface area contributed by atoms with Crippen LogP contribution < -0.4 is 4.90 Å². The Kier molecular flexibility index (Phi) is 5.71. The second-order valence-corrected chi connectivity index (χ2v) is 10.3. The number of carbonyl (C=O) groups is 1. The van der Waals surface area contributed by atoms with Gasteiger partial charge in [-0.05, 0) is 44.6 Å². The first-order chi connectivity index (χ1) is 13.1. The van der Waals surface area contributed by atoms with E-state index in [9.17, 15) is 4.79 Å². The summed E-state index contributed by atoms with van der Waals surface area (Å²) in [4.78, 5) is 28.3. The molecular formula is C20H29N4OS2+. The van der Waals surface area contributed by atoms with Gasteiger partial charge in [0.05, 0.1) is 38.0 Å². The molecule has 0 radical (unpaired) electrons. The first-order valence-corrected chi connectivity index (χ1v) is 11.8. The van der Waals surface area contributed by atoms with Crippen molar-refractivity contribution in [3.63, 3.8) is 0 Å². The Labute approximate surface area is 169 Å². The van der Waals surface area contributed by atoms with Crippen molar-refractivity contribution in [1.29, 1.82) is 0 Å². The van der Waals surface area contributed by atoms with Crippen LogP contribution in [0.15, 0.2) is 11.4 Å². The van der Waals surface area contributed by atoms with Crippen molar-refractivity contribution in [1.82, 2.24) is 14.9 Å². The molecule has 4 rings (SSSR count). The van der Waals surface area contributed by atoms with Gasteiger partial charge in [-0.3, -0.25) is 4.79 Å². The quantitative estimate of drug-likeness (QED) is 0.625. The average Bonchev–Trinajstić information content (AvgIpc) is 3.05. The van der Waals surface area contributed by atoms with Gasteiger partial charge in [0.1, 0.15) is 16.2 Å². The zero-order chi connectivity index (χ0) is 19.0. The van der Waals surface area contributed by atoms with Gasteiger partial charge in [-0.1, -0.05) is 18.7 Å². The molecule has 7 heteroatoms. The first-order valence-electron chi connectivity index (χ1n) is 10.1. The Hall–Kier alpha value is -1.18. The van der Waals surface area contributed by atoms with Crippen LogP contribution in [0.1, 0.15) is 37.6 Å². The summed E-state index contributed by atoms with van der Waals surface area (Å²) < 4.78 is 0. The molecule has 2 aromatic heterocycles. The summed E-state index contributed by atoms with van der Waals surface area (Å²) >= 11 is 3.44. The summed E-state index contributed by atoms with van der Waals surface area (Å²) in [7, 11) is 0. The highest BCUT2D eigenvalue weighted by Gasteiger charge is 2.29. The summed E-state index contributed by atoms with van der Waals surface area (Å²) in [6.07, 6.45) is 5.16. The molecule has 1 fully saturated rings. The third-order valence-corrected chi connectivity index (χ3v) is 8.23. The first kappa shape index (κ1) is 19.2. The van der Waals surface area contributed by atoms with Crippen molar-refractivity contribution in [2.75, 3.05) is 32.7 Å². The molecule has 0 spiro atoms. The molecule has 5 nitrogen and oxygen atoms in total. The molecule has 27 heavy (non-hydrogen) atoms. The summed E-state index contributed by atoms with van der Waals surface area (Å²) in [5, 5.41) is 2.10. The van der Waals surface area contributed by atoms with Crippen molar-refractivity contribution in [3.05, 3.63) is 16.8 Å². The number of amides is 1. The summed E-state index contributed by atoms with van der Waals surface area (Å²) in [5.74, 6) is 0.999. The molecule has 0 saturated carbocycles. The van der Waals surface area contributed by atoms with Crippen LogP contribution in [0.4, 0.5) is 0 Å². The van der Waals surface area contributed by atoms with Gasteiger partial charge < -0.3 is 9.80 Å². The molecule has 2 aromatic rings. The van der Waals surface area contributed by atoms with Crippen LogP contribution in [0.25, 0.3) is 10.2 Å². The SMILES string of the molecule is CC[NH+]1CCN(C(=O)[C@H](C)Sc2ncnc3sc4c(c23)CC[C@H](C)C4)CC1. The predicted octanol–water partition coefficient (Wildman–Crippen LogP) is 2.04. The van der Waals surface area contributed by atoms with Gasteiger partial charge in [-0.2, -0.15) is 0 Å². The molecule has 2 aliphatic rings. The molecule has 1 saturated heterocycles. The number of likely N-dealkylation sites (N-methyl/N-ethyl adjacent to an activating group) is 1. The van der Waals surface area contributed by atoms with E-state index in [1.807, 2.05) is 23.2 Å². The van der Waals surface area contributed by atoms with E-state index in [1.165, 1.54) is 22.2 Å². The topological polar surface area (TPSA) is 50.5 Å². The average molecular weight is 406 g/mol. The minimum atomic E-state index is -0.107. The van der Waals surface area contributed by atoms with Crippen molar-refractivity contribution in [3.8, 4) is 0 Å². The highest BCUT2D eigenvalue weighted by molar-refractivity contribution is 8.00. The van der Waals surface area contributed by atoms with Gasteiger partial charge in [0, 0.05) is 10.3 Å². The molecule has 1 N–H and O–H groups in total. The monoisotopic (exact) mass is 405 g/mol.